The first kappa shape index (κ1) is 12.0. The van der Waals surface area contributed by atoms with E-state index < -0.39 is 0 Å². The summed E-state index contributed by atoms with van der Waals surface area (Å²) in [6.45, 7) is 5.51. The number of ether oxygens (including phenoxy) is 1. The van der Waals surface area contributed by atoms with Gasteiger partial charge in [-0.15, -0.1) is 0 Å². The summed E-state index contributed by atoms with van der Waals surface area (Å²) in [7, 11) is 0. The predicted molar refractivity (Wildman–Crippen MR) is 76.3 cm³/mol. The molecular formula is C14H18N4O2. The van der Waals surface area contributed by atoms with Crippen molar-refractivity contribution in [2.45, 2.75) is 12.8 Å². The van der Waals surface area contributed by atoms with Gasteiger partial charge in [0, 0.05) is 26.2 Å². The fourth-order valence-corrected chi connectivity index (χ4v) is 3.11. The average Bonchev–Trinajstić information content (AvgIpc) is 3.18. The number of hydrogen-bond acceptors (Lipinski definition) is 6. The third-order valence-corrected chi connectivity index (χ3v) is 4.17. The highest BCUT2D eigenvalue weighted by Crippen LogP contribution is 2.33. The van der Waals surface area contributed by atoms with E-state index in [1.54, 1.807) is 0 Å². The van der Waals surface area contributed by atoms with Gasteiger partial charge in [0.25, 0.3) is 0 Å². The first-order valence-corrected chi connectivity index (χ1v) is 7.26. The molecule has 0 unspecified atom stereocenters. The summed E-state index contributed by atoms with van der Waals surface area (Å²) < 4.78 is 10.4. The van der Waals surface area contributed by atoms with E-state index in [0.29, 0.717) is 0 Å². The monoisotopic (exact) mass is 274 g/mol. The highest BCUT2D eigenvalue weighted by Gasteiger charge is 2.22. The van der Waals surface area contributed by atoms with E-state index in [-0.39, 0.29) is 0 Å². The zero-order chi connectivity index (χ0) is 13.4. The summed E-state index contributed by atoms with van der Waals surface area (Å²) in [6.07, 6.45) is 2.50. The van der Waals surface area contributed by atoms with Crippen LogP contribution in [0.2, 0.25) is 0 Å². The summed E-state index contributed by atoms with van der Waals surface area (Å²) in [5, 5.41) is 8.26. The highest BCUT2D eigenvalue weighted by molar-refractivity contribution is 5.96. The van der Waals surface area contributed by atoms with Crippen molar-refractivity contribution < 1.29 is 9.37 Å². The standard InChI is InChI=1S/C14H18N4O2/c1-2-6-17(5-1)11-3-4-12(14-13(11)15-20-16-14)18-7-9-19-10-8-18/h3-4H,1-2,5-10H2. The van der Waals surface area contributed by atoms with Gasteiger partial charge in [-0.05, 0) is 35.3 Å². The van der Waals surface area contributed by atoms with Crippen LogP contribution in [0.4, 0.5) is 11.4 Å². The molecule has 2 aliphatic rings. The Morgan fingerprint density at radius 3 is 1.95 bits per heavy atom. The number of fused-ring (bicyclic) bond motifs is 1. The largest absolute Gasteiger partial charge is 0.378 e. The normalized spacial score (nSPS) is 20.0. The molecule has 0 amide bonds. The predicted octanol–water partition coefficient (Wildman–Crippen LogP) is 1.66. The summed E-state index contributed by atoms with van der Waals surface area (Å²) in [5.74, 6) is 0. The molecule has 0 N–H and O–H groups in total. The molecule has 6 nitrogen and oxygen atoms in total. The van der Waals surface area contributed by atoms with Crippen LogP contribution in [0, 0.1) is 0 Å². The lowest BCUT2D eigenvalue weighted by Gasteiger charge is -2.29. The lowest BCUT2D eigenvalue weighted by molar-refractivity contribution is 0.123. The van der Waals surface area contributed by atoms with Crippen molar-refractivity contribution >= 4 is 22.4 Å². The number of morpholine rings is 1. The minimum atomic E-state index is 0.765. The number of rotatable bonds is 2. The molecule has 2 fully saturated rings. The molecule has 2 saturated heterocycles. The summed E-state index contributed by atoms with van der Waals surface area (Å²) in [4.78, 5) is 4.67. The second-order valence-corrected chi connectivity index (χ2v) is 5.36. The number of hydrogen-bond donors (Lipinski definition) is 0. The molecule has 0 spiro atoms. The van der Waals surface area contributed by atoms with Gasteiger partial charge in [0.05, 0.1) is 24.6 Å². The SMILES string of the molecule is c1cc(N2CCOCC2)c2nonc2c1N1CCCC1. The Labute approximate surface area is 117 Å². The Balaban J connectivity index is 1.76. The smallest absolute Gasteiger partial charge is 0.160 e. The van der Waals surface area contributed by atoms with Crippen molar-refractivity contribution in [2.75, 3.05) is 49.2 Å². The van der Waals surface area contributed by atoms with Gasteiger partial charge in [-0.1, -0.05) is 0 Å². The lowest BCUT2D eigenvalue weighted by Crippen LogP contribution is -2.36. The Morgan fingerprint density at radius 1 is 0.800 bits per heavy atom. The molecule has 0 bridgehead atoms. The third kappa shape index (κ3) is 1.91. The van der Waals surface area contributed by atoms with Crippen molar-refractivity contribution in [3.05, 3.63) is 12.1 Å². The number of benzene rings is 1. The molecule has 6 heteroatoms. The highest BCUT2D eigenvalue weighted by atomic mass is 16.6. The fourth-order valence-electron chi connectivity index (χ4n) is 3.11. The fraction of sp³-hybridized carbons (Fsp3) is 0.571. The van der Waals surface area contributed by atoms with Gasteiger partial charge in [0.15, 0.2) is 11.0 Å². The molecule has 4 rings (SSSR count). The summed E-state index contributed by atoms with van der Waals surface area (Å²) in [6, 6.07) is 4.30. The van der Waals surface area contributed by atoms with Crippen LogP contribution in [-0.2, 0) is 4.74 Å². The Bertz CT molecular complexity index is 600. The Hall–Kier alpha value is -1.82. The van der Waals surface area contributed by atoms with E-state index in [9.17, 15) is 0 Å². The first-order valence-electron chi connectivity index (χ1n) is 7.26. The topological polar surface area (TPSA) is 54.6 Å². The first-order chi connectivity index (χ1) is 9.93. The number of aromatic nitrogens is 2. The van der Waals surface area contributed by atoms with Crippen LogP contribution < -0.4 is 9.80 Å². The van der Waals surface area contributed by atoms with Crippen molar-refractivity contribution in [3.63, 3.8) is 0 Å². The van der Waals surface area contributed by atoms with Gasteiger partial charge in [-0.2, -0.15) is 0 Å². The molecule has 0 aliphatic carbocycles. The second kappa shape index (κ2) is 4.94. The van der Waals surface area contributed by atoms with E-state index in [4.69, 9.17) is 9.37 Å². The van der Waals surface area contributed by atoms with Crippen LogP contribution in [-0.4, -0.2) is 49.7 Å². The molecule has 20 heavy (non-hydrogen) atoms. The van der Waals surface area contributed by atoms with Crippen LogP contribution in [0.3, 0.4) is 0 Å². The number of nitrogens with zero attached hydrogens (tertiary/aromatic N) is 4. The molecule has 0 saturated carbocycles. The van der Waals surface area contributed by atoms with E-state index in [1.165, 1.54) is 12.8 Å². The molecule has 106 valence electrons. The van der Waals surface area contributed by atoms with Crippen molar-refractivity contribution in [3.8, 4) is 0 Å². The van der Waals surface area contributed by atoms with Gasteiger partial charge in [-0.25, -0.2) is 4.63 Å². The summed E-state index contributed by atoms with van der Waals surface area (Å²) >= 11 is 0. The van der Waals surface area contributed by atoms with Crippen LogP contribution in [0.15, 0.2) is 16.8 Å². The van der Waals surface area contributed by atoms with Gasteiger partial charge < -0.3 is 14.5 Å². The lowest BCUT2D eigenvalue weighted by atomic mass is 10.2. The van der Waals surface area contributed by atoms with Crippen LogP contribution in [0.25, 0.3) is 11.0 Å². The molecule has 2 aliphatic heterocycles. The quantitative estimate of drug-likeness (QED) is 0.830. The molecule has 2 aromatic rings. The molecule has 1 aromatic carbocycles. The summed E-state index contributed by atoms with van der Waals surface area (Å²) in [5.41, 5.74) is 4.01. The van der Waals surface area contributed by atoms with Gasteiger partial charge in [0.2, 0.25) is 0 Å². The second-order valence-electron chi connectivity index (χ2n) is 5.36. The van der Waals surface area contributed by atoms with Gasteiger partial charge in [-0.3, -0.25) is 0 Å². The Morgan fingerprint density at radius 2 is 1.35 bits per heavy atom. The third-order valence-electron chi connectivity index (χ3n) is 4.17. The van der Waals surface area contributed by atoms with E-state index in [2.05, 4.69) is 32.2 Å². The van der Waals surface area contributed by atoms with Gasteiger partial charge >= 0.3 is 0 Å². The van der Waals surface area contributed by atoms with Crippen molar-refractivity contribution in [2.24, 2.45) is 0 Å². The van der Waals surface area contributed by atoms with E-state index in [1.807, 2.05) is 0 Å². The van der Waals surface area contributed by atoms with Crippen molar-refractivity contribution in [1.29, 1.82) is 0 Å². The Kier molecular flexibility index (Phi) is 2.95. The maximum Gasteiger partial charge on any atom is 0.160 e. The van der Waals surface area contributed by atoms with E-state index in [0.717, 1.165) is 61.8 Å². The molecular weight excluding hydrogens is 256 g/mol. The minimum absolute atomic E-state index is 0.765. The zero-order valence-corrected chi connectivity index (χ0v) is 11.4. The maximum absolute atomic E-state index is 5.41. The number of anilines is 2. The molecule has 3 heterocycles. The minimum Gasteiger partial charge on any atom is -0.378 e. The van der Waals surface area contributed by atoms with Crippen molar-refractivity contribution in [1.82, 2.24) is 10.3 Å². The maximum atomic E-state index is 5.41. The van der Waals surface area contributed by atoms with Crippen LogP contribution >= 0.6 is 0 Å². The van der Waals surface area contributed by atoms with Crippen LogP contribution in [0.1, 0.15) is 12.8 Å². The van der Waals surface area contributed by atoms with Gasteiger partial charge in [0.1, 0.15) is 0 Å². The van der Waals surface area contributed by atoms with Crippen LogP contribution in [0.5, 0.6) is 0 Å². The molecule has 0 atom stereocenters. The molecule has 0 radical (unpaired) electrons. The average molecular weight is 274 g/mol. The zero-order valence-electron chi connectivity index (χ0n) is 11.4. The van der Waals surface area contributed by atoms with E-state index >= 15 is 0 Å². The molecule has 1 aromatic heterocycles.